The third-order valence-electron chi connectivity index (χ3n) is 1.54. The van der Waals surface area contributed by atoms with Gasteiger partial charge in [0, 0.05) is 18.4 Å². The van der Waals surface area contributed by atoms with Gasteiger partial charge in [-0.25, -0.2) is 18.4 Å². The van der Waals surface area contributed by atoms with E-state index >= 15 is 0 Å². The summed E-state index contributed by atoms with van der Waals surface area (Å²) in [4.78, 5) is 7.92. The lowest BCUT2D eigenvalue weighted by molar-refractivity contribution is 0.595. The Hall–Kier alpha value is -0.970. The third kappa shape index (κ3) is 2.48. The van der Waals surface area contributed by atoms with Crippen LogP contribution in [0, 0.1) is 0 Å². The zero-order chi connectivity index (χ0) is 10.1. The van der Waals surface area contributed by atoms with Crippen molar-refractivity contribution in [2.75, 3.05) is 6.26 Å². The Kier molecular flexibility index (Phi) is 2.66. The van der Waals surface area contributed by atoms with Crippen LogP contribution >= 0.6 is 0 Å². The molecule has 0 aromatic carbocycles. The Morgan fingerprint density at radius 1 is 1.38 bits per heavy atom. The summed E-state index contributed by atoms with van der Waals surface area (Å²) in [6, 6.07) is 1.40. The highest BCUT2D eigenvalue weighted by Gasteiger charge is 2.11. The average Bonchev–Trinajstić information content (AvgIpc) is 2.03. The SMILES string of the molecule is CC(C)c1nccc(S(C)(=O)=O)n1. The van der Waals surface area contributed by atoms with Crippen LogP contribution in [0.4, 0.5) is 0 Å². The maximum Gasteiger partial charge on any atom is 0.192 e. The molecule has 0 bridgehead atoms. The molecule has 0 N–H and O–H groups in total. The molecule has 0 aliphatic heterocycles. The van der Waals surface area contributed by atoms with Crippen molar-refractivity contribution in [1.82, 2.24) is 9.97 Å². The fourth-order valence-electron chi connectivity index (χ4n) is 0.841. The van der Waals surface area contributed by atoms with Gasteiger partial charge in [-0.2, -0.15) is 0 Å². The Morgan fingerprint density at radius 2 is 2.00 bits per heavy atom. The highest BCUT2D eigenvalue weighted by atomic mass is 32.2. The second-order valence-corrected chi connectivity index (χ2v) is 5.14. The number of rotatable bonds is 2. The van der Waals surface area contributed by atoms with Crippen LogP contribution in [0.2, 0.25) is 0 Å². The van der Waals surface area contributed by atoms with Crippen molar-refractivity contribution < 1.29 is 8.42 Å². The Bertz CT molecular complexity index is 398. The van der Waals surface area contributed by atoms with Gasteiger partial charge in [0.15, 0.2) is 14.9 Å². The molecule has 0 unspecified atom stereocenters. The zero-order valence-corrected chi connectivity index (χ0v) is 8.67. The Morgan fingerprint density at radius 3 is 2.46 bits per heavy atom. The number of aromatic nitrogens is 2. The van der Waals surface area contributed by atoms with Gasteiger partial charge in [0.25, 0.3) is 0 Å². The summed E-state index contributed by atoms with van der Waals surface area (Å²) in [6.07, 6.45) is 2.61. The Labute approximate surface area is 78.0 Å². The first kappa shape index (κ1) is 10.1. The van der Waals surface area contributed by atoms with Crippen LogP contribution in [0.15, 0.2) is 17.3 Å². The van der Waals surface area contributed by atoms with Crippen LogP contribution < -0.4 is 0 Å². The van der Waals surface area contributed by atoms with Crippen molar-refractivity contribution in [2.45, 2.75) is 24.8 Å². The van der Waals surface area contributed by atoms with Crippen LogP contribution in [-0.4, -0.2) is 24.6 Å². The number of nitrogens with zero attached hydrogens (tertiary/aromatic N) is 2. The molecule has 1 heterocycles. The lowest BCUT2D eigenvalue weighted by Crippen LogP contribution is -2.05. The summed E-state index contributed by atoms with van der Waals surface area (Å²) >= 11 is 0. The first-order valence-corrected chi connectivity index (χ1v) is 5.83. The summed E-state index contributed by atoms with van der Waals surface area (Å²) in [5, 5.41) is 0.0891. The van der Waals surface area contributed by atoms with E-state index in [1.165, 1.54) is 12.3 Å². The van der Waals surface area contributed by atoms with Crippen molar-refractivity contribution in [2.24, 2.45) is 0 Å². The molecule has 1 aromatic rings. The summed E-state index contributed by atoms with van der Waals surface area (Å²) in [5.74, 6) is 0.699. The van der Waals surface area contributed by atoms with Gasteiger partial charge in [-0.3, -0.25) is 0 Å². The molecule has 4 nitrogen and oxygen atoms in total. The van der Waals surface area contributed by atoms with Crippen LogP contribution in [0.25, 0.3) is 0 Å². The molecule has 5 heteroatoms. The quantitative estimate of drug-likeness (QED) is 0.668. The van der Waals surface area contributed by atoms with Crippen molar-refractivity contribution >= 4 is 9.84 Å². The van der Waals surface area contributed by atoms with E-state index in [1.807, 2.05) is 13.8 Å². The van der Waals surface area contributed by atoms with Gasteiger partial charge in [0.05, 0.1) is 0 Å². The summed E-state index contributed by atoms with van der Waals surface area (Å²) in [7, 11) is -3.21. The molecule has 0 aliphatic rings. The molecule has 0 saturated carbocycles. The monoisotopic (exact) mass is 200 g/mol. The zero-order valence-electron chi connectivity index (χ0n) is 7.85. The lowest BCUT2D eigenvalue weighted by atomic mass is 10.2. The van der Waals surface area contributed by atoms with Crippen LogP contribution in [-0.2, 0) is 9.84 Å². The highest BCUT2D eigenvalue weighted by Crippen LogP contribution is 2.10. The minimum absolute atomic E-state index is 0.0891. The molecule has 0 spiro atoms. The molecule has 0 aliphatic carbocycles. The molecule has 72 valence electrons. The molecular formula is C8H12N2O2S. The minimum atomic E-state index is -3.21. The molecule has 0 amide bonds. The lowest BCUT2D eigenvalue weighted by Gasteiger charge is -2.03. The fourth-order valence-corrected chi connectivity index (χ4v) is 1.41. The molecular weight excluding hydrogens is 188 g/mol. The van der Waals surface area contributed by atoms with Crippen molar-refractivity contribution in [3.63, 3.8) is 0 Å². The van der Waals surface area contributed by atoms with Gasteiger partial charge in [-0.1, -0.05) is 13.8 Å². The predicted molar refractivity (Wildman–Crippen MR) is 49.2 cm³/mol. The molecule has 0 radical (unpaired) electrons. The smallest absolute Gasteiger partial charge is 0.192 e. The van der Waals surface area contributed by atoms with Gasteiger partial charge in [0.1, 0.15) is 5.82 Å². The molecule has 0 saturated heterocycles. The summed E-state index contributed by atoms with van der Waals surface area (Å²) in [6.45, 7) is 3.84. The first-order chi connectivity index (χ1) is 5.91. The normalized spacial score (nSPS) is 12.0. The van der Waals surface area contributed by atoms with Gasteiger partial charge >= 0.3 is 0 Å². The first-order valence-electron chi connectivity index (χ1n) is 3.94. The maximum absolute atomic E-state index is 11.1. The van der Waals surface area contributed by atoms with Gasteiger partial charge < -0.3 is 0 Å². The van der Waals surface area contributed by atoms with Gasteiger partial charge in [-0.05, 0) is 6.07 Å². The average molecular weight is 200 g/mol. The summed E-state index contributed by atoms with van der Waals surface area (Å²) < 4.78 is 22.2. The van der Waals surface area contributed by atoms with Crippen LogP contribution in [0.5, 0.6) is 0 Å². The standard InChI is InChI=1S/C8H12N2O2S/c1-6(2)8-9-5-4-7(10-8)13(3,11)12/h4-6H,1-3H3. The topological polar surface area (TPSA) is 59.9 Å². The maximum atomic E-state index is 11.1. The van der Waals surface area contributed by atoms with E-state index in [0.717, 1.165) is 6.26 Å². The van der Waals surface area contributed by atoms with E-state index in [4.69, 9.17) is 0 Å². The van der Waals surface area contributed by atoms with Crippen molar-refractivity contribution in [3.05, 3.63) is 18.1 Å². The largest absolute Gasteiger partial charge is 0.241 e. The molecule has 1 aromatic heterocycles. The predicted octanol–water partition coefficient (Wildman–Crippen LogP) is 1.00. The van der Waals surface area contributed by atoms with E-state index in [9.17, 15) is 8.42 Å². The van der Waals surface area contributed by atoms with Crippen molar-refractivity contribution in [1.29, 1.82) is 0 Å². The molecule has 0 fully saturated rings. The summed E-state index contributed by atoms with van der Waals surface area (Å²) in [5.41, 5.74) is 0. The third-order valence-corrected chi connectivity index (χ3v) is 2.53. The molecule has 0 atom stereocenters. The van der Waals surface area contributed by atoms with Gasteiger partial charge in [-0.15, -0.1) is 0 Å². The van der Waals surface area contributed by atoms with Crippen molar-refractivity contribution in [3.8, 4) is 0 Å². The number of hydrogen-bond donors (Lipinski definition) is 0. The minimum Gasteiger partial charge on any atom is -0.241 e. The van der Waals surface area contributed by atoms with Gasteiger partial charge in [0.2, 0.25) is 0 Å². The number of hydrogen-bond acceptors (Lipinski definition) is 4. The van der Waals surface area contributed by atoms with E-state index in [-0.39, 0.29) is 10.9 Å². The molecule has 13 heavy (non-hydrogen) atoms. The van der Waals surface area contributed by atoms with E-state index in [2.05, 4.69) is 9.97 Å². The van der Waals surface area contributed by atoms with E-state index in [1.54, 1.807) is 0 Å². The highest BCUT2D eigenvalue weighted by molar-refractivity contribution is 7.90. The molecule has 1 rings (SSSR count). The van der Waals surface area contributed by atoms with Crippen LogP contribution in [0.3, 0.4) is 0 Å². The number of sulfone groups is 1. The van der Waals surface area contributed by atoms with E-state index in [0.29, 0.717) is 5.82 Å². The second kappa shape index (κ2) is 3.41. The van der Waals surface area contributed by atoms with Crippen LogP contribution in [0.1, 0.15) is 25.6 Å². The Balaban J connectivity index is 3.21. The van der Waals surface area contributed by atoms with E-state index < -0.39 is 9.84 Å². The second-order valence-electron chi connectivity index (χ2n) is 3.18. The fraction of sp³-hybridized carbons (Fsp3) is 0.500.